The first-order valence-corrected chi connectivity index (χ1v) is 10.00. The van der Waals surface area contributed by atoms with Crippen LogP contribution >= 0.6 is 0 Å². The molecule has 2 amide bonds. The van der Waals surface area contributed by atoms with E-state index >= 15 is 0 Å². The fourth-order valence-corrected chi connectivity index (χ4v) is 3.23. The lowest BCUT2D eigenvalue weighted by Crippen LogP contribution is -2.42. The molecule has 0 aromatic heterocycles. The Morgan fingerprint density at radius 1 is 1.23 bits per heavy atom. The van der Waals surface area contributed by atoms with Gasteiger partial charge in [-0.05, 0) is 51.7 Å². The lowest BCUT2D eigenvalue weighted by molar-refractivity contribution is -0.127. The molecule has 30 heavy (non-hydrogen) atoms. The normalized spacial score (nSPS) is 15.5. The van der Waals surface area contributed by atoms with Gasteiger partial charge in [0.2, 0.25) is 5.91 Å². The molecule has 8 heteroatoms. The number of rotatable bonds is 6. The SMILES string of the molecule is CN(CC1CCN(C(=O)/C=C/c2ccccc2OC(F)F)CC1)C(=O)OC(C)(C)C. The molecule has 0 bridgehead atoms. The Kier molecular flexibility index (Phi) is 8.20. The summed E-state index contributed by atoms with van der Waals surface area (Å²) in [5, 5.41) is 0. The monoisotopic (exact) mass is 424 g/mol. The maximum Gasteiger partial charge on any atom is 0.410 e. The first kappa shape index (κ1) is 23.6. The minimum atomic E-state index is -2.92. The second-order valence-electron chi connectivity index (χ2n) is 8.38. The van der Waals surface area contributed by atoms with E-state index in [0.717, 1.165) is 12.8 Å². The van der Waals surface area contributed by atoms with Crippen molar-refractivity contribution in [2.75, 3.05) is 26.7 Å². The van der Waals surface area contributed by atoms with Crippen molar-refractivity contribution in [3.8, 4) is 5.75 Å². The molecule has 0 radical (unpaired) electrons. The largest absolute Gasteiger partial charge is 0.444 e. The lowest BCUT2D eigenvalue weighted by Gasteiger charge is -2.34. The van der Waals surface area contributed by atoms with Gasteiger partial charge in [-0.2, -0.15) is 8.78 Å². The number of nitrogens with zero attached hydrogens (tertiary/aromatic N) is 2. The summed E-state index contributed by atoms with van der Waals surface area (Å²) >= 11 is 0. The summed E-state index contributed by atoms with van der Waals surface area (Å²) in [7, 11) is 1.72. The molecule has 0 aliphatic carbocycles. The summed E-state index contributed by atoms with van der Waals surface area (Å²) in [6, 6.07) is 6.33. The number of benzene rings is 1. The molecule has 0 atom stereocenters. The molecule has 0 N–H and O–H groups in total. The third-order valence-electron chi connectivity index (χ3n) is 4.70. The molecule has 1 aliphatic rings. The van der Waals surface area contributed by atoms with E-state index < -0.39 is 12.2 Å². The first-order chi connectivity index (χ1) is 14.0. The predicted octanol–water partition coefficient (Wildman–Crippen LogP) is 4.41. The van der Waals surface area contributed by atoms with Crippen molar-refractivity contribution >= 4 is 18.1 Å². The molecule has 0 unspecified atom stereocenters. The van der Waals surface area contributed by atoms with Crippen LogP contribution < -0.4 is 4.74 Å². The number of alkyl halides is 2. The van der Waals surface area contributed by atoms with E-state index in [4.69, 9.17) is 4.74 Å². The summed E-state index contributed by atoms with van der Waals surface area (Å²) < 4.78 is 34.8. The van der Waals surface area contributed by atoms with Gasteiger partial charge in [-0.3, -0.25) is 4.79 Å². The summed E-state index contributed by atoms with van der Waals surface area (Å²) in [4.78, 5) is 27.9. The van der Waals surface area contributed by atoms with Crippen molar-refractivity contribution in [1.29, 1.82) is 0 Å². The van der Waals surface area contributed by atoms with Crippen molar-refractivity contribution in [2.24, 2.45) is 5.92 Å². The van der Waals surface area contributed by atoms with Crippen LogP contribution in [0.3, 0.4) is 0 Å². The second-order valence-corrected chi connectivity index (χ2v) is 8.38. The smallest absolute Gasteiger partial charge is 0.410 e. The van der Waals surface area contributed by atoms with Crippen LogP contribution in [0, 0.1) is 5.92 Å². The number of hydrogen-bond acceptors (Lipinski definition) is 4. The minimum absolute atomic E-state index is 0.0282. The number of ether oxygens (including phenoxy) is 2. The van der Waals surface area contributed by atoms with E-state index in [2.05, 4.69) is 4.74 Å². The van der Waals surface area contributed by atoms with Crippen LogP contribution in [0.4, 0.5) is 13.6 Å². The van der Waals surface area contributed by atoms with Gasteiger partial charge >= 0.3 is 12.7 Å². The zero-order valence-corrected chi connectivity index (χ0v) is 17.9. The van der Waals surface area contributed by atoms with Crippen molar-refractivity contribution in [3.63, 3.8) is 0 Å². The minimum Gasteiger partial charge on any atom is -0.444 e. The predicted molar refractivity (Wildman–Crippen MR) is 110 cm³/mol. The fraction of sp³-hybridized carbons (Fsp3) is 0.545. The Morgan fingerprint density at radius 2 is 1.87 bits per heavy atom. The van der Waals surface area contributed by atoms with Gasteiger partial charge in [0.05, 0.1) is 0 Å². The Bertz CT molecular complexity index is 754. The average molecular weight is 424 g/mol. The van der Waals surface area contributed by atoms with E-state index in [9.17, 15) is 18.4 Å². The molecule has 1 fully saturated rings. The van der Waals surface area contributed by atoms with Crippen LogP contribution in [-0.2, 0) is 9.53 Å². The van der Waals surface area contributed by atoms with Crippen LogP contribution in [0.15, 0.2) is 30.3 Å². The number of piperidine rings is 1. The molecule has 0 saturated carbocycles. The molecule has 1 saturated heterocycles. The number of hydrogen-bond donors (Lipinski definition) is 0. The molecular weight excluding hydrogens is 394 g/mol. The van der Waals surface area contributed by atoms with Gasteiger partial charge in [0.1, 0.15) is 11.4 Å². The second kappa shape index (κ2) is 10.4. The molecule has 1 aliphatic heterocycles. The Hall–Kier alpha value is -2.64. The van der Waals surface area contributed by atoms with E-state index in [1.807, 2.05) is 20.8 Å². The number of carbonyl (C=O) groups excluding carboxylic acids is 2. The summed E-state index contributed by atoms with van der Waals surface area (Å²) in [6.45, 7) is 4.28. The van der Waals surface area contributed by atoms with Crippen LogP contribution in [0.2, 0.25) is 0 Å². The van der Waals surface area contributed by atoms with E-state index in [1.165, 1.54) is 18.2 Å². The number of carbonyl (C=O) groups is 2. The van der Waals surface area contributed by atoms with Crippen molar-refractivity contribution < 1.29 is 27.8 Å². The quantitative estimate of drug-likeness (QED) is 0.635. The summed E-state index contributed by atoms with van der Waals surface area (Å²) in [5.41, 5.74) is -0.119. The third kappa shape index (κ3) is 7.65. The molecule has 1 aromatic carbocycles. The van der Waals surface area contributed by atoms with Crippen LogP contribution in [0.1, 0.15) is 39.2 Å². The van der Waals surface area contributed by atoms with Gasteiger partial charge in [-0.15, -0.1) is 0 Å². The summed E-state index contributed by atoms with van der Waals surface area (Å²) in [6.07, 6.45) is 4.06. The third-order valence-corrected chi connectivity index (χ3v) is 4.70. The molecule has 2 rings (SSSR count). The number of para-hydroxylation sites is 1. The molecule has 0 spiro atoms. The molecular formula is C22H30F2N2O4. The van der Waals surface area contributed by atoms with Crippen molar-refractivity contribution in [3.05, 3.63) is 35.9 Å². The van der Waals surface area contributed by atoms with E-state index in [1.54, 1.807) is 35.0 Å². The zero-order chi connectivity index (χ0) is 22.3. The van der Waals surface area contributed by atoms with Crippen molar-refractivity contribution in [1.82, 2.24) is 9.80 Å². The van der Waals surface area contributed by atoms with Gasteiger partial charge in [-0.25, -0.2) is 4.79 Å². The molecule has 6 nitrogen and oxygen atoms in total. The van der Waals surface area contributed by atoms with E-state index in [-0.39, 0.29) is 23.7 Å². The topological polar surface area (TPSA) is 59.1 Å². The highest BCUT2D eigenvalue weighted by atomic mass is 19.3. The standard InChI is InChI=1S/C22H30F2N2O4/c1-22(2,3)30-21(28)25(4)15-16-11-13-26(14-12-16)19(27)10-9-17-7-5-6-8-18(17)29-20(23)24/h5-10,16,20H,11-15H2,1-4H3/b10-9+. The highest BCUT2D eigenvalue weighted by Gasteiger charge is 2.26. The molecule has 166 valence electrons. The molecule has 1 aromatic rings. The van der Waals surface area contributed by atoms with Gasteiger partial charge in [0.25, 0.3) is 0 Å². The Balaban J connectivity index is 1.85. The Morgan fingerprint density at radius 3 is 2.47 bits per heavy atom. The van der Waals surface area contributed by atoms with Crippen LogP contribution in [0.5, 0.6) is 5.75 Å². The number of amides is 2. The first-order valence-electron chi connectivity index (χ1n) is 10.00. The highest BCUT2D eigenvalue weighted by Crippen LogP contribution is 2.23. The maximum absolute atomic E-state index is 12.5. The number of halogens is 2. The zero-order valence-electron chi connectivity index (χ0n) is 17.9. The summed E-state index contributed by atoms with van der Waals surface area (Å²) in [5.74, 6) is 0.136. The lowest BCUT2D eigenvalue weighted by atomic mass is 9.96. The number of likely N-dealkylation sites (tertiary alicyclic amines) is 1. The Labute approximate surface area is 176 Å². The van der Waals surface area contributed by atoms with Crippen LogP contribution in [0.25, 0.3) is 6.08 Å². The average Bonchev–Trinajstić information content (AvgIpc) is 2.66. The van der Waals surface area contributed by atoms with Gasteiger partial charge in [-0.1, -0.05) is 18.2 Å². The molecule has 1 heterocycles. The highest BCUT2D eigenvalue weighted by molar-refractivity contribution is 5.92. The van der Waals surface area contributed by atoms with E-state index in [0.29, 0.717) is 25.2 Å². The van der Waals surface area contributed by atoms with Gasteiger partial charge in [0, 0.05) is 38.3 Å². The van der Waals surface area contributed by atoms with Crippen LogP contribution in [-0.4, -0.2) is 60.7 Å². The van der Waals surface area contributed by atoms with Gasteiger partial charge in [0.15, 0.2) is 0 Å². The fourth-order valence-electron chi connectivity index (χ4n) is 3.23. The van der Waals surface area contributed by atoms with Crippen molar-refractivity contribution in [2.45, 2.75) is 45.8 Å². The van der Waals surface area contributed by atoms with Gasteiger partial charge < -0.3 is 19.3 Å². The maximum atomic E-state index is 12.5.